The minimum absolute atomic E-state index is 0.135. The average molecular weight is 319 g/mol. The lowest BCUT2D eigenvalue weighted by molar-refractivity contribution is -0.114. The van der Waals surface area contributed by atoms with Crippen LogP contribution in [0.15, 0.2) is 36.4 Å². The fourth-order valence-electron chi connectivity index (χ4n) is 2.21. The summed E-state index contributed by atoms with van der Waals surface area (Å²) < 4.78 is 5.08. The van der Waals surface area contributed by atoms with E-state index in [1.54, 1.807) is 25.3 Å². The van der Waals surface area contributed by atoms with Gasteiger partial charge in [0.25, 0.3) is 0 Å². The van der Waals surface area contributed by atoms with Gasteiger partial charge in [-0.2, -0.15) is 0 Å². The van der Waals surface area contributed by atoms with Gasteiger partial charge in [-0.25, -0.2) is 0 Å². The van der Waals surface area contributed by atoms with Crippen LogP contribution in [0.5, 0.6) is 5.75 Å². The molecule has 0 spiro atoms. The Balaban J connectivity index is 1.97. The van der Waals surface area contributed by atoms with Crippen LogP contribution in [0.2, 0.25) is 5.02 Å². The van der Waals surface area contributed by atoms with Crippen molar-refractivity contribution in [3.8, 4) is 5.75 Å². The summed E-state index contributed by atoms with van der Waals surface area (Å²) in [7, 11) is 1.55. The maximum absolute atomic E-state index is 12.0. The van der Waals surface area contributed by atoms with Gasteiger partial charge in [-0.05, 0) is 43.2 Å². The molecule has 22 heavy (non-hydrogen) atoms. The summed E-state index contributed by atoms with van der Waals surface area (Å²) in [6.45, 7) is 4.21. The largest absolute Gasteiger partial charge is 0.495 e. The number of carbonyl (C=O) groups excluding carboxylic acids is 1. The third-order valence-electron chi connectivity index (χ3n) is 3.34. The van der Waals surface area contributed by atoms with Gasteiger partial charge in [-0.3, -0.25) is 4.79 Å². The number of carbonyl (C=O) groups is 1. The predicted molar refractivity (Wildman–Crippen MR) is 91.0 cm³/mol. The number of hydrogen-bond acceptors (Lipinski definition) is 3. The SMILES string of the molecule is COc1ccc(NC(=O)CNc2c(C)cccc2C)cc1Cl. The van der Waals surface area contributed by atoms with Crippen molar-refractivity contribution in [2.24, 2.45) is 0 Å². The van der Waals surface area contributed by atoms with Crippen molar-refractivity contribution in [1.82, 2.24) is 0 Å². The molecule has 0 bridgehead atoms. The molecule has 0 aliphatic carbocycles. The average Bonchev–Trinajstić information content (AvgIpc) is 2.47. The number of methoxy groups -OCH3 is 1. The minimum Gasteiger partial charge on any atom is -0.495 e. The van der Waals surface area contributed by atoms with Gasteiger partial charge >= 0.3 is 0 Å². The van der Waals surface area contributed by atoms with Crippen molar-refractivity contribution < 1.29 is 9.53 Å². The highest BCUT2D eigenvalue weighted by molar-refractivity contribution is 6.32. The number of benzene rings is 2. The van der Waals surface area contributed by atoms with Crippen molar-refractivity contribution >= 4 is 28.9 Å². The second-order valence-electron chi connectivity index (χ2n) is 5.02. The summed E-state index contributed by atoms with van der Waals surface area (Å²) >= 11 is 6.04. The molecule has 0 heterocycles. The number of para-hydroxylation sites is 1. The highest BCUT2D eigenvalue weighted by Gasteiger charge is 2.07. The summed E-state index contributed by atoms with van der Waals surface area (Å²) in [4.78, 5) is 12.0. The van der Waals surface area contributed by atoms with Gasteiger partial charge < -0.3 is 15.4 Å². The van der Waals surface area contributed by atoms with Gasteiger partial charge in [-0.1, -0.05) is 29.8 Å². The highest BCUT2D eigenvalue weighted by Crippen LogP contribution is 2.27. The number of halogens is 1. The Kier molecular flexibility index (Phi) is 5.28. The first kappa shape index (κ1) is 16.2. The van der Waals surface area contributed by atoms with Crippen LogP contribution in [-0.4, -0.2) is 19.6 Å². The Labute approximate surface area is 135 Å². The molecule has 0 saturated heterocycles. The lowest BCUT2D eigenvalue weighted by atomic mass is 10.1. The maximum atomic E-state index is 12.0. The first-order chi connectivity index (χ1) is 10.5. The summed E-state index contributed by atoms with van der Waals surface area (Å²) in [5, 5.41) is 6.43. The van der Waals surface area contributed by atoms with Crippen LogP contribution in [0.3, 0.4) is 0 Å². The number of aryl methyl sites for hydroxylation is 2. The topological polar surface area (TPSA) is 50.4 Å². The van der Waals surface area contributed by atoms with Crippen molar-refractivity contribution in [3.05, 3.63) is 52.5 Å². The lowest BCUT2D eigenvalue weighted by Crippen LogP contribution is -2.22. The molecule has 0 aromatic heterocycles. The van der Waals surface area contributed by atoms with Gasteiger partial charge in [0.1, 0.15) is 5.75 Å². The quantitative estimate of drug-likeness (QED) is 0.875. The van der Waals surface area contributed by atoms with E-state index in [-0.39, 0.29) is 12.5 Å². The Morgan fingerprint density at radius 2 is 1.86 bits per heavy atom. The van der Waals surface area contributed by atoms with E-state index in [0.29, 0.717) is 16.5 Å². The highest BCUT2D eigenvalue weighted by atomic mass is 35.5. The smallest absolute Gasteiger partial charge is 0.243 e. The Bertz CT molecular complexity index is 666. The minimum atomic E-state index is -0.135. The normalized spacial score (nSPS) is 10.2. The molecule has 2 aromatic rings. The lowest BCUT2D eigenvalue weighted by Gasteiger charge is -2.13. The van der Waals surface area contributed by atoms with E-state index in [1.807, 2.05) is 32.0 Å². The zero-order chi connectivity index (χ0) is 16.1. The van der Waals surface area contributed by atoms with E-state index >= 15 is 0 Å². The van der Waals surface area contributed by atoms with E-state index in [9.17, 15) is 4.79 Å². The monoisotopic (exact) mass is 318 g/mol. The number of amides is 1. The molecule has 2 rings (SSSR count). The fraction of sp³-hybridized carbons (Fsp3) is 0.235. The van der Waals surface area contributed by atoms with E-state index in [4.69, 9.17) is 16.3 Å². The molecular weight excluding hydrogens is 300 g/mol. The zero-order valence-corrected chi connectivity index (χ0v) is 13.6. The van der Waals surface area contributed by atoms with Gasteiger partial charge in [0, 0.05) is 11.4 Å². The third-order valence-corrected chi connectivity index (χ3v) is 3.64. The number of hydrogen-bond donors (Lipinski definition) is 2. The molecule has 0 unspecified atom stereocenters. The molecule has 2 N–H and O–H groups in total. The van der Waals surface area contributed by atoms with Crippen LogP contribution in [0.25, 0.3) is 0 Å². The van der Waals surface area contributed by atoms with Gasteiger partial charge in [-0.15, -0.1) is 0 Å². The molecule has 0 fully saturated rings. The van der Waals surface area contributed by atoms with E-state index in [2.05, 4.69) is 10.6 Å². The van der Waals surface area contributed by atoms with Crippen molar-refractivity contribution in [3.63, 3.8) is 0 Å². The molecule has 0 atom stereocenters. The molecule has 1 amide bonds. The fourth-order valence-corrected chi connectivity index (χ4v) is 2.47. The summed E-state index contributed by atoms with van der Waals surface area (Å²) in [5.41, 5.74) is 3.85. The first-order valence-electron chi connectivity index (χ1n) is 6.94. The van der Waals surface area contributed by atoms with E-state index in [0.717, 1.165) is 16.8 Å². The molecule has 0 saturated carbocycles. The molecular formula is C17H19ClN2O2. The van der Waals surface area contributed by atoms with Crippen molar-refractivity contribution in [1.29, 1.82) is 0 Å². The molecule has 0 aliphatic rings. The molecule has 0 radical (unpaired) electrons. The third kappa shape index (κ3) is 3.92. The van der Waals surface area contributed by atoms with Crippen LogP contribution in [0.1, 0.15) is 11.1 Å². The van der Waals surface area contributed by atoms with Crippen LogP contribution in [-0.2, 0) is 4.79 Å². The van der Waals surface area contributed by atoms with Crippen LogP contribution < -0.4 is 15.4 Å². The number of anilines is 2. The number of ether oxygens (including phenoxy) is 1. The number of nitrogens with one attached hydrogen (secondary N) is 2. The Morgan fingerprint density at radius 3 is 2.45 bits per heavy atom. The zero-order valence-electron chi connectivity index (χ0n) is 12.9. The molecule has 5 heteroatoms. The van der Waals surface area contributed by atoms with Gasteiger partial charge in [0.05, 0.1) is 18.7 Å². The Morgan fingerprint density at radius 1 is 1.18 bits per heavy atom. The second-order valence-corrected chi connectivity index (χ2v) is 5.43. The van der Waals surface area contributed by atoms with E-state index < -0.39 is 0 Å². The van der Waals surface area contributed by atoms with Crippen LogP contribution in [0.4, 0.5) is 11.4 Å². The standard InChI is InChI=1S/C17H19ClN2O2/c1-11-5-4-6-12(2)17(11)19-10-16(21)20-13-7-8-15(22-3)14(18)9-13/h4-9,19H,10H2,1-3H3,(H,20,21). The Hall–Kier alpha value is -2.20. The second kappa shape index (κ2) is 7.18. The van der Waals surface area contributed by atoms with Gasteiger partial charge in [0.2, 0.25) is 5.91 Å². The molecule has 116 valence electrons. The summed E-state index contributed by atoms with van der Waals surface area (Å²) in [5.74, 6) is 0.442. The molecule has 4 nitrogen and oxygen atoms in total. The first-order valence-corrected chi connectivity index (χ1v) is 7.32. The molecule has 2 aromatic carbocycles. The van der Waals surface area contributed by atoms with Crippen molar-refractivity contribution in [2.45, 2.75) is 13.8 Å². The van der Waals surface area contributed by atoms with Crippen LogP contribution in [0, 0.1) is 13.8 Å². The number of rotatable bonds is 5. The predicted octanol–water partition coefficient (Wildman–Crippen LogP) is 4.02. The maximum Gasteiger partial charge on any atom is 0.243 e. The van der Waals surface area contributed by atoms with Crippen LogP contribution >= 0.6 is 11.6 Å². The summed E-state index contributed by atoms with van der Waals surface area (Å²) in [6.07, 6.45) is 0. The van der Waals surface area contributed by atoms with E-state index in [1.165, 1.54) is 0 Å². The molecule has 0 aliphatic heterocycles. The van der Waals surface area contributed by atoms with Crippen molar-refractivity contribution in [2.75, 3.05) is 24.3 Å². The summed E-state index contributed by atoms with van der Waals surface area (Å²) in [6, 6.07) is 11.2. The van der Waals surface area contributed by atoms with Gasteiger partial charge in [0.15, 0.2) is 0 Å².